The van der Waals surface area contributed by atoms with Crippen LogP contribution in [0.25, 0.3) is 21.6 Å². The summed E-state index contributed by atoms with van der Waals surface area (Å²) >= 11 is 0. The number of nitrogens with zero attached hydrogens (tertiary/aromatic N) is 4. The van der Waals surface area contributed by atoms with Gasteiger partial charge < -0.3 is 4.57 Å². The Balaban J connectivity index is 1.57. The Bertz CT molecular complexity index is 1600. The van der Waals surface area contributed by atoms with Crippen LogP contribution in [0.5, 0.6) is 0 Å². The zero-order valence-electron chi connectivity index (χ0n) is 24.1. The predicted molar refractivity (Wildman–Crippen MR) is 162 cm³/mol. The molecule has 216 valence electrons. The van der Waals surface area contributed by atoms with Gasteiger partial charge in [-0.1, -0.05) is 24.1 Å². The molecule has 0 saturated carbocycles. The predicted octanol–water partition coefficient (Wildman–Crippen LogP) is 6.17. The Labute approximate surface area is 242 Å². The van der Waals surface area contributed by atoms with Crippen LogP contribution < -0.4 is 0 Å². The first-order valence-corrected chi connectivity index (χ1v) is 15.9. The summed E-state index contributed by atoms with van der Waals surface area (Å²) < 4.78 is 26.1. The molecule has 0 N–H and O–H groups in total. The molecule has 1 aliphatic heterocycles. The minimum atomic E-state index is -3.30. The average molecular weight is 575 g/mol. The van der Waals surface area contributed by atoms with Crippen molar-refractivity contribution < 1.29 is 18.0 Å². The van der Waals surface area contributed by atoms with E-state index >= 15 is 0 Å². The van der Waals surface area contributed by atoms with Crippen LogP contribution in [0.15, 0.2) is 47.5 Å². The fourth-order valence-corrected chi connectivity index (χ4v) is 6.88. The van der Waals surface area contributed by atoms with Gasteiger partial charge in [-0.3, -0.25) is 19.5 Å². The van der Waals surface area contributed by atoms with Crippen molar-refractivity contribution in [3.05, 3.63) is 75.7 Å². The van der Waals surface area contributed by atoms with Gasteiger partial charge in [0.05, 0.1) is 35.5 Å². The van der Waals surface area contributed by atoms with Gasteiger partial charge in [-0.15, -0.1) is 0 Å². The fraction of sp³-hybridized carbons (Fsp3) is 0.438. The van der Waals surface area contributed by atoms with E-state index in [-0.39, 0.29) is 30.2 Å². The summed E-state index contributed by atoms with van der Waals surface area (Å²) in [6, 6.07) is 9.26. The van der Waals surface area contributed by atoms with Crippen molar-refractivity contribution >= 4 is 38.1 Å². The molecule has 1 fully saturated rings. The number of aryl methyl sites for hydroxylation is 1. The van der Waals surface area contributed by atoms with E-state index in [1.165, 1.54) is 11.8 Å². The number of ketones is 2. The maximum atomic E-state index is 13.6. The van der Waals surface area contributed by atoms with Crippen LogP contribution in [0.2, 0.25) is 0 Å². The SMILES string of the molecule is [C-]#[N+]c1ccc(-n2c(C)c(C(=O)CN3CCCCC3)c3ncc(CCC(=O)CCCS(=O)(=O)C=C(C)C)cc32)cc1. The molecular weight excluding hydrogens is 536 g/mol. The first-order valence-electron chi connectivity index (χ1n) is 14.2. The van der Waals surface area contributed by atoms with E-state index in [1.807, 2.05) is 29.7 Å². The Hall–Kier alpha value is -3.61. The van der Waals surface area contributed by atoms with Gasteiger partial charge in [0, 0.05) is 35.8 Å². The number of hydrogen-bond acceptors (Lipinski definition) is 6. The number of Topliss-reactive ketones (excluding diaryl/α,β-unsaturated/α-hetero) is 2. The van der Waals surface area contributed by atoms with E-state index in [0.717, 1.165) is 54.0 Å². The molecular formula is C32H38N4O4S. The number of benzene rings is 1. The molecule has 0 aliphatic carbocycles. The molecule has 0 bridgehead atoms. The van der Waals surface area contributed by atoms with Crippen LogP contribution in [-0.2, 0) is 21.1 Å². The summed E-state index contributed by atoms with van der Waals surface area (Å²) in [6.07, 6.45) is 6.41. The molecule has 0 unspecified atom stereocenters. The Morgan fingerprint density at radius 1 is 1.07 bits per heavy atom. The highest BCUT2D eigenvalue weighted by atomic mass is 32.2. The molecule has 3 heterocycles. The Morgan fingerprint density at radius 2 is 1.78 bits per heavy atom. The summed E-state index contributed by atoms with van der Waals surface area (Å²) in [6.45, 7) is 14.9. The van der Waals surface area contributed by atoms with Crippen molar-refractivity contribution in [2.75, 3.05) is 25.4 Å². The van der Waals surface area contributed by atoms with E-state index in [9.17, 15) is 18.0 Å². The molecule has 1 saturated heterocycles. The van der Waals surface area contributed by atoms with Gasteiger partial charge in [-0.2, -0.15) is 0 Å². The van der Waals surface area contributed by atoms with Crippen LogP contribution in [-0.4, -0.2) is 59.8 Å². The van der Waals surface area contributed by atoms with Crippen molar-refractivity contribution in [2.24, 2.45) is 0 Å². The topological polar surface area (TPSA) is 93.7 Å². The first kappa shape index (κ1) is 30.4. The molecule has 41 heavy (non-hydrogen) atoms. The maximum absolute atomic E-state index is 13.6. The summed E-state index contributed by atoms with van der Waals surface area (Å²) in [5, 5.41) is 1.26. The first-order chi connectivity index (χ1) is 19.6. The largest absolute Gasteiger partial charge is 0.312 e. The molecule has 0 atom stereocenters. The van der Waals surface area contributed by atoms with Gasteiger partial charge in [-0.25, -0.2) is 13.3 Å². The van der Waals surface area contributed by atoms with E-state index < -0.39 is 9.84 Å². The summed E-state index contributed by atoms with van der Waals surface area (Å²) in [5.74, 6) is 0.0192. The molecule has 3 aromatic rings. The zero-order valence-corrected chi connectivity index (χ0v) is 25.0. The van der Waals surface area contributed by atoms with Crippen molar-refractivity contribution in [1.29, 1.82) is 0 Å². The molecule has 2 aromatic heterocycles. The average Bonchev–Trinajstić information content (AvgIpc) is 3.22. The monoisotopic (exact) mass is 574 g/mol. The number of pyridine rings is 1. The molecule has 1 aliphatic rings. The van der Waals surface area contributed by atoms with Crippen molar-refractivity contribution in [3.63, 3.8) is 0 Å². The highest BCUT2D eigenvalue weighted by Gasteiger charge is 2.24. The van der Waals surface area contributed by atoms with Crippen LogP contribution >= 0.6 is 0 Å². The maximum Gasteiger partial charge on any atom is 0.187 e. The molecule has 0 spiro atoms. The number of hydrogen-bond donors (Lipinski definition) is 0. The smallest absolute Gasteiger partial charge is 0.187 e. The van der Waals surface area contributed by atoms with Crippen LogP contribution in [0.1, 0.15) is 74.0 Å². The minimum Gasteiger partial charge on any atom is -0.312 e. The highest BCUT2D eigenvalue weighted by Crippen LogP contribution is 2.30. The van der Waals surface area contributed by atoms with Gasteiger partial charge in [-0.05, 0) is 83.3 Å². The van der Waals surface area contributed by atoms with Crippen molar-refractivity contribution in [2.45, 2.75) is 65.7 Å². The normalized spacial score (nSPS) is 14.1. The lowest BCUT2D eigenvalue weighted by Crippen LogP contribution is -2.34. The number of carbonyl (C=O) groups excluding carboxylic acids is 2. The van der Waals surface area contributed by atoms with E-state index in [0.29, 0.717) is 36.2 Å². The van der Waals surface area contributed by atoms with Crippen molar-refractivity contribution in [1.82, 2.24) is 14.5 Å². The third-order valence-corrected chi connectivity index (χ3v) is 9.11. The number of rotatable bonds is 12. The number of allylic oxidation sites excluding steroid dienone is 1. The lowest BCUT2D eigenvalue weighted by Gasteiger charge is -2.25. The standard InChI is InChI=1S/C32H38N4O4S/c1-23(2)22-41(39,40)18-8-9-28(37)15-10-25-19-29-32(34-20-25)31(30(38)21-35-16-6-5-7-17-35)24(3)36(29)27-13-11-26(33-4)12-14-27/h11-14,19-20,22H,5-10,15-18,21H2,1-3H3. The van der Waals surface area contributed by atoms with Gasteiger partial charge in [0.15, 0.2) is 21.3 Å². The lowest BCUT2D eigenvalue weighted by molar-refractivity contribution is -0.119. The van der Waals surface area contributed by atoms with E-state index in [2.05, 4.69) is 9.74 Å². The summed E-state index contributed by atoms with van der Waals surface area (Å²) in [7, 11) is -3.30. The number of likely N-dealkylation sites (tertiary alicyclic amines) is 1. The lowest BCUT2D eigenvalue weighted by atomic mass is 10.0. The van der Waals surface area contributed by atoms with Gasteiger partial charge in [0.25, 0.3) is 0 Å². The van der Waals surface area contributed by atoms with E-state index in [4.69, 9.17) is 11.6 Å². The number of piperidine rings is 1. The molecule has 0 radical (unpaired) electrons. The number of carbonyl (C=O) groups is 2. The second kappa shape index (κ2) is 13.4. The van der Waals surface area contributed by atoms with Crippen LogP contribution in [0.4, 0.5) is 5.69 Å². The van der Waals surface area contributed by atoms with Gasteiger partial charge in [0.1, 0.15) is 5.78 Å². The quantitative estimate of drug-likeness (QED) is 0.190. The summed E-state index contributed by atoms with van der Waals surface area (Å²) in [5.41, 5.74) is 5.80. The Kier molecular flexibility index (Phi) is 9.90. The third kappa shape index (κ3) is 7.78. The van der Waals surface area contributed by atoms with Crippen LogP contribution in [0.3, 0.4) is 0 Å². The molecule has 1 aromatic carbocycles. The molecule has 4 rings (SSSR count). The number of sulfone groups is 1. The molecule has 0 amide bonds. The number of aromatic nitrogens is 2. The van der Waals surface area contributed by atoms with Gasteiger partial charge >= 0.3 is 0 Å². The highest BCUT2D eigenvalue weighted by molar-refractivity contribution is 7.94. The second-order valence-electron chi connectivity index (χ2n) is 11.1. The summed E-state index contributed by atoms with van der Waals surface area (Å²) in [4.78, 5) is 36.6. The van der Waals surface area contributed by atoms with Crippen LogP contribution in [0, 0.1) is 13.5 Å². The third-order valence-electron chi connectivity index (χ3n) is 7.42. The minimum absolute atomic E-state index is 0.0104. The van der Waals surface area contributed by atoms with Crippen molar-refractivity contribution in [3.8, 4) is 5.69 Å². The Morgan fingerprint density at radius 3 is 2.44 bits per heavy atom. The van der Waals surface area contributed by atoms with E-state index in [1.54, 1.807) is 32.2 Å². The second-order valence-corrected chi connectivity index (χ2v) is 13.1. The zero-order chi connectivity index (χ0) is 29.6. The van der Waals surface area contributed by atoms with Gasteiger partial charge in [0.2, 0.25) is 0 Å². The number of fused-ring (bicyclic) bond motifs is 1. The fourth-order valence-electron chi connectivity index (χ4n) is 5.50. The molecule has 9 heteroatoms. The molecule has 8 nitrogen and oxygen atoms in total.